The molecule has 0 aliphatic carbocycles. The van der Waals surface area contributed by atoms with E-state index in [9.17, 15) is 9.59 Å². The predicted octanol–water partition coefficient (Wildman–Crippen LogP) is 1.90. The van der Waals surface area contributed by atoms with Crippen molar-refractivity contribution in [2.45, 2.75) is 26.0 Å². The fourth-order valence-electron chi connectivity index (χ4n) is 2.58. The van der Waals surface area contributed by atoms with Gasteiger partial charge in [0.15, 0.2) is 6.10 Å². The van der Waals surface area contributed by atoms with E-state index >= 15 is 0 Å². The zero-order chi connectivity index (χ0) is 16.9. The molecular weight excluding hydrogens is 306 g/mol. The number of aromatic nitrogens is 1. The second-order valence-electron chi connectivity index (χ2n) is 5.57. The highest BCUT2D eigenvalue weighted by Gasteiger charge is 2.31. The van der Waals surface area contributed by atoms with Crippen LogP contribution in [0, 0.1) is 0 Å². The first-order valence-electron chi connectivity index (χ1n) is 7.89. The fraction of sp³-hybridized carbons (Fsp3) is 0.278. The molecule has 24 heavy (non-hydrogen) atoms. The molecule has 1 aliphatic rings. The van der Waals surface area contributed by atoms with Crippen LogP contribution in [-0.2, 0) is 16.1 Å². The number of hydrogen-bond donors (Lipinski definition) is 1. The third-order valence-electron chi connectivity index (χ3n) is 3.83. The summed E-state index contributed by atoms with van der Waals surface area (Å²) in [7, 11) is 0. The topological polar surface area (TPSA) is 71.5 Å². The maximum absolute atomic E-state index is 12.3. The molecule has 2 heterocycles. The number of carbonyl (C=O) groups is 2. The minimum atomic E-state index is -0.545. The summed E-state index contributed by atoms with van der Waals surface area (Å²) in [4.78, 5) is 30.2. The van der Waals surface area contributed by atoms with Crippen LogP contribution in [-0.4, -0.2) is 29.4 Å². The first-order chi connectivity index (χ1) is 11.6. The van der Waals surface area contributed by atoms with Crippen molar-refractivity contribution in [3.05, 3.63) is 54.4 Å². The molecule has 0 unspecified atom stereocenters. The SMILES string of the molecule is C[C@H]1Oc2ccccc2N(CCC(=O)NCc2ccccn2)C1=O. The maximum atomic E-state index is 12.3. The summed E-state index contributed by atoms with van der Waals surface area (Å²) < 4.78 is 5.59. The lowest BCUT2D eigenvalue weighted by atomic mass is 10.1. The van der Waals surface area contributed by atoms with Gasteiger partial charge in [0.2, 0.25) is 5.91 Å². The Hall–Kier alpha value is -2.89. The van der Waals surface area contributed by atoms with Crippen LogP contribution < -0.4 is 15.0 Å². The lowest BCUT2D eigenvalue weighted by Gasteiger charge is -2.32. The number of nitrogens with zero attached hydrogens (tertiary/aromatic N) is 2. The molecule has 124 valence electrons. The van der Waals surface area contributed by atoms with Crippen LogP contribution in [0.5, 0.6) is 5.75 Å². The van der Waals surface area contributed by atoms with Gasteiger partial charge < -0.3 is 15.0 Å². The number of amides is 2. The van der Waals surface area contributed by atoms with Crippen molar-refractivity contribution >= 4 is 17.5 Å². The van der Waals surface area contributed by atoms with Gasteiger partial charge in [0, 0.05) is 19.2 Å². The van der Waals surface area contributed by atoms with Crippen LogP contribution in [0.2, 0.25) is 0 Å². The monoisotopic (exact) mass is 325 g/mol. The van der Waals surface area contributed by atoms with Crippen LogP contribution >= 0.6 is 0 Å². The minimum absolute atomic E-state index is 0.120. The van der Waals surface area contributed by atoms with Gasteiger partial charge in [0.1, 0.15) is 5.75 Å². The number of benzene rings is 1. The van der Waals surface area contributed by atoms with E-state index in [1.807, 2.05) is 42.5 Å². The molecule has 1 atom stereocenters. The third-order valence-corrected chi connectivity index (χ3v) is 3.83. The number of pyridine rings is 1. The van der Waals surface area contributed by atoms with Crippen molar-refractivity contribution < 1.29 is 14.3 Å². The van der Waals surface area contributed by atoms with Crippen LogP contribution in [0.15, 0.2) is 48.7 Å². The Bertz CT molecular complexity index is 733. The average molecular weight is 325 g/mol. The Balaban J connectivity index is 1.59. The highest BCUT2D eigenvalue weighted by Crippen LogP contribution is 2.33. The van der Waals surface area contributed by atoms with Gasteiger partial charge in [0.05, 0.1) is 17.9 Å². The van der Waals surface area contributed by atoms with Gasteiger partial charge in [0.25, 0.3) is 5.91 Å². The molecule has 3 rings (SSSR count). The molecule has 1 N–H and O–H groups in total. The average Bonchev–Trinajstić information content (AvgIpc) is 2.61. The lowest BCUT2D eigenvalue weighted by molar-refractivity contribution is -0.125. The largest absolute Gasteiger partial charge is 0.479 e. The number of ether oxygens (including phenoxy) is 1. The number of rotatable bonds is 5. The zero-order valence-electron chi connectivity index (χ0n) is 13.4. The van der Waals surface area contributed by atoms with Crippen molar-refractivity contribution in [2.75, 3.05) is 11.4 Å². The van der Waals surface area contributed by atoms with Crippen molar-refractivity contribution in [1.82, 2.24) is 10.3 Å². The van der Waals surface area contributed by atoms with Gasteiger partial charge in [-0.25, -0.2) is 0 Å². The Kier molecular flexibility index (Phi) is 4.74. The number of nitrogens with one attached hydrogen (secondary N) is 1. The molecule has 6 nitrogen and oxygen atoms in total. The van der Waals surface area contributed by atoms with E-state index in [2.05, 4.69) is 10.3 Å². The molecule has 0 bridgehead atoms. The molecular formula is C18H19N3O3. The standard InChI is InChI=1S/C18H19N3O3/c1-13-18(23)21(15-7-2-3-8-16(15)24-13)11-9-17(22)20-12-14-6-4-5-10-19-14/h2-8,10,13H,9,11-12H2,1H3,(H,20,22)/t13-/m1/s1. The second kappa shape index (κ2) is 7.12. The highest BCUT2D eigenvalue weighted by molar-refractivity contribution is 6.00. The van der Waals surface area contributed by atoms with Crippen molar-refractivity contribution in [2.24, 2.45) is 0 Å². The molecule has 1 aliphatic heterocycles. The highest BCUT2D eigenvalue weighted by atomic mass is 16.5. The summed E-state index contributed by atoms with van der Waals surface area (Å²) in [6.07, 6.45) is 1.36. The van der Waals surface area contributed by atoms with Gasteiger partial charge >= 0.3 is 0 Å². The van der Waals surface area contributed by atoms with Crippen molar-refractivity contribution in [3.63, 3.8) is 0 Å². The van der Waals surface area contributed by atoms with Crippen LogP contribution in [0.25, 0.3) is 0 Å². The molecule has 2 aromatic rings. The predicted molar refractivity (Wildman–Crippen MR) is 89.6 cm³/mol. The van der Waals surface area contributed by atoms with Crippen molar-refractivity contribution in [1.29, 1.82) is 0 Å². The minimum Gasteiger partial charge on any atom is -0.479 e. The first-order valence-corrected chi connectivity index (χ1v) is 7.89. The van der Waals surface area contributed by atoms with Gasteiger partial charge in [-0.2, -0.15) is 0 Å². The van der Waals surface area contributed by atoms with Gasteiger partial charge in [-0.3, -0.25) is 14.6 Å². The number of para-hydroxylation sites is 2. The van der Waals surface area contributed by atoms with E-state index in [-0.39, 0.29) is 18.2 Å². The summed E-state index contributed by atoms with van der Waals surface area (Å²) in [5.74, 6) is 0.412. The Labute approximate surface area is 140 Å². The lowest BCUT2D eigenvalue weighted by Crippen LogP contribution is -2.45. The van der Waals surface area contributed by atoms with E-state index in [0.29, 0.717) is 24.5 Å². The summed E-state index contributed by atoms with van der Waals surface area (Å²) >= 11 is 0. The van der Waals surface area contributed by atoms with E-state index in [4.69, 9.17) is 4.74 Å². The number of fused-ring (bicyclic) bond motifs is 1. The summed E-state index contributed by atoms with van der Waals surface area (Å²) in [6.45, 7) is 2.41. The number of carbonyl (C=O) groups excluding carboxylic acids is 2. The van der Waals surface area contributed by atoms with Crippen molar-refractivity contribution in [3.8, 4) is 5.75 Å². The molecule has 0 spiro atoms. The van der Waals surface area contributed by atoms with E-state index in [1.165, 1.54) is 0 Å². The second-order valence-corrected chi connectivity index (χ2v) is 5.57. The van der Waals surface area contributed by atoms with Crippen LogP contribution in [0.1, 0.15) is 19.0 Å². The number of hydrogen-bond acceptors (Lipinski definition) is 4. The quantitative estimate of drug-likeness (QED) is 0.911. The van der Waals surface area contributed by atoms with E-state index < -0.39 is 6.10 Å². The molecule has 0 radical (unpaired) electrons. The zero-order valence-corrected chi connectivity index (χ0v) is 13.4. The normalized spacial score (nSPS) is 16.3. The fourth-order valence-corrected chi connectivity index (χ4v) is 2.58. The molecule has 0 fully saturated rings. The Morgan fingerprint density at radius 3 is 2.83 bits per heavy atom. The molecule has 0 saturated heterocycles. The Morgan fingerprint density at radius 1 is 1.25 bits per heavy atom. The first kappa shape index (κ1) is 16.0. The maximum Gasteiger partial charge on any atom is 0.267 e. The number of anilines is 1. The Morgan fingerprint density at radius 2 is 2.04 bits per heavy atom. The summed E-state index contributed by atoms with van der Waals surface area (Å²) in [5, 5.41) is 2.82. The summed E-state index contributed by atoms with van der Waals surface area (Å²) in [6, 6.07) is 12.9. The molecule has 1 aromatic carbocycles. The van der Waals surface area contributed by atoms with Gasteiger partial charge in [-0.1, -0.05) is 18.2 Å². The van der Waals surface area contributed by atoms with Gasteiger partial charge in [-0.15, -0.1) is 0 Å². The molecule has 6 heteroatoms. The molecule has 2 amide bonds. The molecule has 1 aromatic heterocycles. The van der Waals surface area contributed by atoms with E-state index in [1.54, 1.807) is 18.0 Å². The smallest absolute Gasteiger partial charge is 0.267 e. The third kappa shape index (κ3) is 3.53. The summed E-state index contributed by atoms with van der Waals surface area (Å²) in [5.41, 5.74) is 1.50. The van der Waals surface area contributed by atoms with E-state index in [0.717, 1.165) is 5.69 Å². The van der Waals surface area contributed by atoms with Gasteiger partial charge in [-0.05, 0) is 31.2 Å². The van der Waals surface area contributed by atoms with Crippen LogP contribution in [0.3, 0.4) is 0 Å². The van der Waals surface area contributed by atoms with Crippen LogP contribution in [0.4, 0.5) is 5.69 Å². The molecule has 0 saturated carbocycles.